The second-order valence-corrected chi connectivity index (χ2v) is 8.77. The van der Waals surface area contributed by atoms with Gasteiger partial charge in [-0.1, -0.05) is 32.3 Å². The van der Waals surface area contributed by atoms with E-state index in [0.717, 1.165) is 31.6 Å². The molecule has 0 bridgehead atoms. The highest BCUT2D eigenvalue weighted by Crippen LogP contribution is 2.35. The van der Waals surface area contributed by atoms with Crippen LogP contribution in [0.4, 0.5) is 0 Å². The van der Waals surface area contributed by atoms with Gasteiger partial charge in [0.2, 0.25) is 0 Å². The number of rotatable bonds is 8. The molecule has 1 aliphatic carbocycles. The topological polar surface area (TPSA) is 88.9 Å². The first-order valence-electron chi connectivity index (χ1n) is 11.9. The lowest BCUT2D eigenvalue weighted by molar-refractivity contribution is -0.140. The Labute approximate surface area is 196 Å². The normalized spacial score (nSPS) is 21.2. The van der Waals surface area contributed by atoms with Gasteiger partial charge in [0.05, 0.1) is 26.2 Å². The number of methoxy groups -OCH3 is 1. The zero-order chi connectivity index (χ0) is 23.6. The van der Waals surface area contributed by atoms with Gasteiger partial charge in [-0.2, -0.15) is 5.26 Å². The van der Waals surface area contributed by atoms with Crippen molar-refractivity contribution < 1.29 is 23.8 Å². The first kappa shape index (κ1) is 24.8. The molecule has 7 nitrogen and oxygen atoms in total. The average molecular weight is 455 g/mol. The summed E-state index contributed by atoms with van der Waals surface area (Å²) in [5.41, 5.74) is 0.671. The van der Waals surface area contributed by atoms with Gasteiger partial charge in [0.15, 0.2) is 11.5 Å². The molecular weight excluding hydrogens is 420 g/mol. The van der Waals surface area contributed by atoms with E-state index in [4.69, 9.17) is 14.2 Å². The third kappa shape index (κ3) is 6.82. The van der Waals surface area contributed by atoms with E-state index < -0.39 is 0 Å². The summed E-state index contributed by atoms with van der Waals surface area (Å²) >= 11 is 0. The highest BCUT2D eigenvalue weighted by molar-refractivity contribution is 6.01. The van der Waals surface area contributed by atoms with Crippen LogP contribution >= 0.6 is 0 Å². The number of nitriles is 1. The third-order valence-corrected chi connectivity index (χ3v) is 6.50. The van der Waals surface area contributed by atoms with Crippen LogP contribution in [-0.4, -0.2) is 50.2 Å². The lowest BCUT2D eigenvalue weighted by Crippen LogP contribution is -2.41. The van der Waals surface area contributed by atoms with Crippen LogP contribution in [0.2, 0.25) is 0 Å². The van der Waals surface area contributed by atoms with Crippen molar-refractivity contribution >= 4 is 18.0 Å². The van der Waals surface area contributed by atoms with Gasteiger partial charge in [0.1, 0.15) is 11.6 Å². The van der Waals surface area contributed by atoms with Crippen LogP contribution in [-0.2, 0) is 14.3 Å². The van der Waals surface area contributed by atoms with Crippen LogP contribution in [0.15, 0.2) is 23.8 Å². The number of hydrogen-bond donors (Lipinski definition) is 0. The van der Waals surface area contributed by atoms with E-state index >= 15 is 0 Å². The van der Waals surface area contributed by atoms with Gasteiger partial charge in [-0.15, -0.1) is 0 Å². The van der Waals surface area contributed by atoms with Crippen molar-refractivity contribution in [3.05, 3.63) is 29.3 Å². The minimum Gasteiger partial charge on any atom is -0.493 e. The predicted octanol–water partition coefficient (Wildman–Crippen LogP) is 4.36. The first-order valence-corrected chi connectivity index (χ1v) is 11.9. The molecule has 0 spiro atoms. The summed E-state index contributed by atoms with van der Waals surface area (Å²) in [6, 6.07) is 7.04. The Bertz CT molecular complexity index is 890. The van der Waals surface area contributed by atoms with E-state index in [9.17, 15) is 14.9 Å². The molecule has 178 valence electrons. The van der Waals surface area contributed by atoms with Crippen molar-refractivity contribution in [3.8, 4) is 17.6 Å². The minimum atomic E-state index is -0.315. The maximum absolute atomic E-state index is 12.7. The molecule has 0 atom stereocenters. The van der Waals surface area contributed by atoms with Crippen LogP contribution in [0.1, 0.15) is 57.4 Å². The Kier molecular flexibility index (Phi) is 9.32. The molecule has 1 aromatic rings. The van der Waals surface area contributed by atoms with E-state index in [1.54, 1.807) is 23.1 Å². The van der Waals surface area contributed by atoms with E-state index in [2.05, 4.69) is 6.92 Å². The van der Waals surface area contributed by atoms with Gasteiger partial charge < -0.3 is 19.1 Å². The maximum Gasteiger partial charge on any atom is 0.314 e. The second kappa shape index (κ2) is 12.4. The SMILES string of the molecule is CCCCC1CCC(C(=O)Oc2ccc(/C=C(\C#N)C(=O)N3CCOCC3)cc2OC)CC1. The Morgan fingerprint density at radius 3 is 2.55 bits per heavy atom. The Morgan fingerprint density at radius 2 is 1.91 bits per heavy atom. The molecule has 1 amide bonds. The molecule has 7 heteroatoms. The highest BCUT2D eigenvalue weighted by Gasteiger charge is 2.28. The summed E-state index contributed by atoms with van der Waals surface area (Å²) in [5, 5.41) is 9.50. The number of esters is 1. The number of hydrogen-bond acceptors (Lipinski definition) is 6. The molecule has 3 rings (SSSR count). The standard InChI is InChI=1S/C26H34N2O5/c1-3-4-5-19-6-9-21(10-7-19)26(30)33-23-11-8-20(17-24(23)31-2)16-22(18-27)25(29)28-12-14-32-15-13-28/h8,11,16-17,19,21H,3-7,9-10,12-15H2,1-2H3/b22-16+. The van der Waals surface area contributed by atoms with Crippen LogP contribution < -0.4 is 9.47 Å². The molecule has 2 fully saturated rings. The summed E-state index contributed by atoms with van der Waals surface area (Å²) in [4.78, 5) is 27.0. The molecule has 1 heterocycles. The van der Waals surface area contributed by atoms with Gasteiger partial charge in [-0.3, -0.25) is 9.59 Å². The highest BCUT2D eigenvalue weighted by atomic mass is 16.6. The number of ether oxygens (including phenoxy) is 3. The molecule has 0 N–H and O–H groups in total. The Morgan fingerprint density at radius 1 is 1.18 bits per heavy atom. The van der Waals surface area contributed by atoms with Crippen LogP contribution in [0.25, 0.3) is 6.08 Å². The monoisotopic (exact) mass is 454 g/mol. The largest absolute Gasteiger partial charge is 0.493 e. The zero-order valence-corrected chi connectivity index (χ0v) is 19.7. The Hall–Kier alpha value is -2.85. The Balaban J connectivity index is 1.64. The van der Waals surface area contributed by atoms with E-state index in [0.29, 0.717) is 43.4 Å². The van der Waals surface area contributed by atoms with Gasteiger partial charge in [0.25, 0.3) is 5.91 Å². The second-order valence-electron chi connectivity index (χ2n) is 8.77. The summed E-state index contributed by atoms with van der Waals surface area (Å²) in [6.45, 7) is 4.09. The van der Waals surface area contributed by atoms with Crippen molar-refractivity contribution in [2.75, 3.05) is 33.4 Å². The maximum atomic E-state index is 12.7. The molecule has 0 unspecified atom stereocenters. The van der Waals surface area contributed by atoms with Gasteiger partial charge in [-0.05, 0) is 55.4 Å². The fourth-order valence-corrected chi connectivity index (χ4v) is 4.47. The smallest absolute Gasteiger partial charge is 0.314 e. The number of morpholine rings is 1. The number of nitrogens with zero attached hydrogens (tertiary/aromatic N) is 2. The average Bonchev–Trinajstić information content (AvgIpc) is 2.87. The molecule has 1 aliphatic heterocycles. The van der Waals surface area contributed by atoms with Crippen molar-refractivity contribution in [2.45, 2.75) is 51.9 Å². The number of carbonyl (C=O) groups excluding carboxylic acids is 2. The molecular formula is C26H34N2O5. The molecule has 2 aliphatic rings. The van der Waals surface area contributed by atoms with Crippen molar-refractivity contribution in [3.63, 3.8) is 0 Å². The number of carbonyl (C=O) groups is 2. The van der Waals surface area contributed by atoms with Crippen LogP contribution in [0.3, 0.4) is 0 Å². The summed E-state index contributed by atoms with van der Waals surface area (Å²) in [6.07, 6.45) is 9.14. The van der Waals surface area contributed by atoms with Gasteiger partial charge in [-0.25, -0.2) is 0 Å². The molecule has 1 aromatic carbocycles. The zero-order valence-electron chi connectivity index (χ0n) is 19.7. The van der Waals surface area contributed by atoms with Gasteiger partial charge >= 0.3 is 5.97 Å². The number of amides is 1. The quantitative estimate of drug-likeness (QED) is 0.251. The lowest BCUT2D eigenvalue weighted by Gasteiger charge is -2.27. The minimum absolute atomic E-state index is 0.0449. The van der Waals surface area contributed by atoms with E-state index in [1.807, 2.05) is 6.07 Å². The summed E-state index contributed by atoms with van der Waals surface area (Å²) in [7, 11) is 1.50. The first-order chi connectivity index (χ1) is 16.0. The molecule has 0 radical (unpaired) electrons. The van der Waals surface area contributed by atoms with Crippen molar-refractivity contribution in [1.82, 2.24) is 4.90 Å². The van der Waals surface area contributed by atoms with E-state index in [-0.39, 0.29) is 23.4 Å². The third-order valence-electron chi connectivity index (χ3n) is 6.50. The van der Waals surface area contributed by atoms with Gasteiger partial charge in [0, 0.05) is 13.1 Å². The molecule has 33 heavy (non-hydrogen) atoms. The number of unbranched alkanes of at least 4 members (excludes halogenated alkanes) is 1. The number of benzene rings is 1. The molecule has 1 saturated carbocycles. The lowest BCUT2D eigenvalue weighted by atomic mass is 9.80. The predicted molar refractivity (Wildman–Crippen MR) is 125 cm³/mol. The molecule has 1 saturated heterocycles. The van der Waals surface area contributed by atoms with Crippen LogP contribution in [0, 0.1) is 23.2 Å². The molecule has 0 aromatic heterocycles. The van der Waals surface area contributed by atoms with Crippen molar-refractivity contribution in [1.29, 1.82) is 5.26 Å². The fraction of sp³-hybridized carbons (Fsp3) is 0.577. The summed E-state index contributed by atoms with van der Waals surface area (Å²) < 4.78 is 16.4. The summed E-state index contributed by atoms with van der Waals surface area (Å²) in [5.74, 6) is 0.860. The fourth-order valence-electron chi connectivity index (χ4n) is 4.47. The van der Waals surface area contributed by atoms with Crippen molar-refractivity contribution in [2.24, 2.45) is 11.8 Å². The van der Waals surface area contributed by atoms with E-state index in [1.165, 1.54) is 32.4 Å². The van der Waals surface area contributed by atoms with Crippen LogP contribution in [0.5, 0.6) is 11.5 Å².